The Labute approximate surface area is 117 Å². The third-order valence-electron chi connectivity index (χ3n) is 3.02. The van der Waals surface area contributed by atoms with E-state index in [-0.39, 0.29) is 23.0 Å². The maximum absolute atomic E-state index is 14.3. The first-order chi connectivity index (χ1) is 9.72. The van der Waals surface area contributed by atoms with E-state index in [1.807, 2.05) is 0 Å². The van der Waals surface area contributed by atoms with E-state index in [1.165, 1.54) is 6.07 Å². The van der Waals surface area contributed by atoms with Crippen molar-refractivity contribution in [3.8, 4) is 17.1 Å². The fourth-order valence-electron chi connectivity index (χ4n) is 2.19. The number of hydrogen-bond acceptors (Lipinski definition) is 5. The molecule has 0 unspecified atom stereocenters. The van der Waals surface area contributed by atoms with E-state index in [4.69, 9.17) is 16.3 Å². The monoisotopic (exact) mass is 301 g/mol. The molecule has 0 spiro atoms. The Morgan fingerprint density at radius 2 is 2.35 bits per heavy atom. The molecule has 1 N–H and O–H groups in total. The Bertz CT molecular complexity index is 622. The van der Waals surface area contributed by atoms with Gasteiger partial charge in [-0.15, -0.1) is 10.2 Å². The number of rotatable bonds is 3. The van der Waals surface area contributed by atoms with Crippen LogP contribution in [0.3, 0.4) is 0 Å². The fourth-order valence-corrected chi connectivity index (χ4v) is 2.39. The van der Waals surface area contributed by atoms with Crippen LogP contribution in [0.5, 0.6) is 5.75 Å². The zero-order valence-electron chi connectivity index (χ0n) is 10.2. The molecule has 9 heteroatoms. The molecule has 0 amide bonds. The summed E-state index contributed by atoms with van der Waals surface area (Å²) < 4.78 is 32.5. The van der Waals surface area contributed by atoms with E-state index in [9.17, 15) is 8.78 Å². The van der Waals surface area contributed by atoms with Crippen molar-refractivity contribution in [2.75, 3.05) is 31.3 Å². The highest BCUT2D eigenvalue weighted by atomic mass is 35.5. The molecular weight excluding hydrogens is 292 g/mol. The molecule has 1 aromatic heterocycles. The van der Waals surface area contributed by atoms with Crippen molar-refractivity contribution in [2.45, 2.75) is 0 Å². The van der Waals surface area contributed by atoms with Crippen LogP contribution in [0, 0.1) is 5.82 Å². The van der Waals surface area contributed by atoms with Crippen LogP contribution in [-0.4, -0.2) is 47.0 Å². The zero-order valence-corrected chi connectivity index (χ0v) is 11.0. The lowest BCUT2D eigenvalue weighted by Gasteiger charge is -2.32. The van der Waals surface area contributed by atoms with E-state index in [1.54, 1.807) is 4.90 Å². The van der Waals surface area contributed by atoms with Crippen LogP contribution in [0.1, 0.15) is 0 Å². The number of nitrogens with one attached hydrogen (secondary N) is 1. The van der Waals surface area contributed by atoms with Crippen LogP contribution in [0.15, 0.2) is 6.07 Å². The largest absolute Gasteiger partial charge is 0.489 e. The van der Waals surface area contributed by atoms with Crippen LogP contribution >= 0.6 is 11.6 Å². The lowest BCUT2D eigenvalue weighted by atomic mass is 10.1. The van der Waals surface area contributed by atoms with Gasteiger partial charge in [0, 0.05) is 12.6 Å². The first-order valence-corrected chi connectivity index (χ1v) is 6.29. The van der Waals surface area contributed by atoms with Crippen LogP contribution in [0.25, 0.3) is 11.4 Å². The molecule has 2 aromatic rings. The van der Waals surface area contributed by atoms with Crippen molar-refractivity contribution in [1.29, 1.82) is 0 Å². The number of fused-ring (bicyclic) bond motifs is 1. The molecule has 20 heavy (non-hydrogen) atoms. The Morgan fingerprint density at radius 1 is 1.50 bits per heavy atom. The molecule has 106 valence electrons. The van der Waals surface area contributed by atoms with Crippen molar-refractivity contribution in [3.63, 3.8) is 0 Å². The van der Waals surface area contributed by atoms with Crippen molar-refractivity contribution in [1.82, 2.24) is 20.6 Å². The van der Waals surface area contributed by atoms with E-state index in [0.29, 0.717) is 24.6 Å². The Morgan fingerprint density at radius 3 is 3.05 bits per heavy atom. The summed E-state index contributed by atoms with van der Waals surface area (Å²) in [4.78, 5) is 1.68. The van der Waals surface area contributed by atoms with Crippen LogP contribution in [0.2, 0.25) is 5.02 Å². The summed E-state index contributed by atoms with van der Waals surface area (Å²) in [7, 11) is 0. The van der Waals surface area contributed by atoms with Crippen LogP contribution in [-0.2, 0) is 0 Å². The highest BCUT2D eigenvalue weighted by Crippen LogP contribution is 2.43. The van der Waals surface area contributed by atoms with Crippen molar-refractivity contribution in [2.24, 2.45) is 0 Å². The average Bonchev–Trinajstić information content (AvgIpc) is 2.95. The minimum atomic E-state index is -0.679. The second-order valence-corrected chi connectivity index (χ2v) is 4.56. The molecule has 0 fully saturated rings. The van der Waals surface area contributed by atoms with Crippen molar-refractivity contribution >= 4 is 17.3 Å². The maximum atomic E-state index is 14.3. The summed E-state index contributed by atoms with van der Waals surface area (Å²) in [6.07, 6.45) is 0. The van der Waals surface area contributed by atoms with Gasteiger partial charge in [-0.05, 0) is 5.21 Å². The van der Waals surface area contributed by atoms with E-state index >= 15 is 0 Å². The number of alkyl halides is 1. The topological polar surface area (TPSA) is 66.9 Å². The summed E-state index contributed by atoms with van der Waals surface area (Å²) in [5.41, 5.74) is 0.464. The van der Waals surface area contributed by atoms with Gasteiger partial charge < -0.3 is 9.64 Å². The molecular formula is C11H10ClF2N5O. The second-order valence-electron chi connectivity index (χ2n) is 4.15. The Balaban J connectivity index is 2.23. The fraction of sp³-hybridized carbons (Fsp3) is 0.364. The minimum absolute atomic E-state index is 0.0515. The van der Waals surface area contributed by atoms with Gasteiger partial charge in [-0.2, -0.15) is 5.21 Å². The zero-order chi connectivity index (χ0) is 14.1. The molecule has 2 heterocycles. The standard InChI is InChI=1S/C11H10ClF2N5O/c12-6-5-7-10(19(2-1-13)3-4-20-7)8(9(6)14)11-15-17-18-16-11/h5H,1-4H2,(H,15,16,17,18). The van der Waals surface area contributed by atoms with Gasteiger partial charge in [0.15, 0.2) is 5.82 Å². The Kier molecular flexibility index (Phi) is 3.39. The number of nitrogens with zero attached hydrogens (tertiary/aromatic N) is 4. The van der Waals surface area contributed by atoms with Gasteiger partial charge >= 0.3 is 0 Å². The molecule has 0 saturated heterocycles. The first kappa shape index (κ1) is 13.0. The predicted molar refractivity (Wildman–Crippen MR) is 68.3 cm³/mol. The number of ether oxygens (including phenoxy) is 1. The molecule has 3 rings (SSSR count). The Hall–Kier alpha value is -1.96. The quantitative estimate of drug-likeness (QED) is 0.937. The van der Waals surface area contributed by atoms with Gasteiger partial charge in [-0.25, -0.2) is 8.78 Å². The first-order valence-electron chi connectivity index (χ1n) is 5.92. The van der Waals surface area contributed by atoms with E-state index in [0.717, 1.165) is 0 Å². The number of tetrazole rings is 1. The van der Waals surface area contributed by atoms with E-state index in [2.05, 4.69) is 20.6 Å². The van der Waals surface area contributed by atoms with Gasteiger partial charge in [0.1, 0.15) is 19.0 Å². The second kappa shape index (κ2) is 5.20. The molecule has 1 aromatic carbocycles. The highest BCUT2D eigenvalue weighted by molar-refractivity contribution is 6.31. The summed E-state index contributed by atoms with van der Waals surface area (Å²) in [5.74, 6) is -0.243. The number of benzene rings is 1. The molecule has 1 aliphatic rings. The number of aromatic amines is 1. The number of anilines is 1. The third-order valence-corrected chi connectivity index (χ3v) is 3.29. The maximum Gasteiger partial charge on any atom is 0.209 e. The summed E-state index contributed by atoms with van der Waals surface area (Å²) in [6.45, 7) is 0.390. The number of hydrogen-bond donors (Lipinski definition) is 1. The van der Waals surface area contributed by atoms with Crippen molar-refractivity contribution in [3.05, 3.63) is 16.9 Å². The van der Waals surface area contributed by atoms with Gasteiger partial charge in [0.25, 0.3) is 0 Å². The van der Waals surface area contributed by atoms with Gasteiger partial charge in [0.2, 0.25) is 5.82 Å². The van der Waals surface area contributed by atoms with E-state index < -0.39 is 12.5 Å². The highest BCUT2D eigenvalue weighted by Gasteiger charge is 2.29. The number of aromatic nitrogens is 4. The minimum Gasteiger partial charge on any atom is -0.489 e. The molecule has 0 saturated carbocycles. The SMILES string of the molecule is FCCN1CCOc2cc(Cl)c(F)c(-c3nn[nH]n3)c21. The molecule has 0 aliphatic carbocycles. The number of H-pyrrole nitrogens is 1. The predicted octanol–water partition coefficient (Wildman–Crippen LogP) is 1.83. The van der Waals surface area contributed by atoms with Crippen LogP contribution < -0.4 is 9.64 Å². The van der Waals surface area contributed by atoms with Crippen LogP contribution in [0.4, 0.5) is 14.5 Å². The van der Waals surface area contributed by atoms with Gasteiger partial charge in [0.05, 0.1) is 22.8 Å². The molecule has 6 nitrogen and oxygen atoms in total. The molecule has 0 bridgehead atoms. The normalized spacial score (nSPS) is 14.1. The number of halogens is 3. The smallest absolute Gasteiger partial charge is 0.209 e. The molecule has 1 aliphatic heterocycles. The van der Waals surface area contributed by atoms with Gasteiger partial charge in [-0.1, -0.05) is 11.6 Å². The lowest BCUT2D eigenvalue weighted by Crippen LogP contribution is -2.35. The van der Waals surface area contributed by atoms with Crippen molar-refractivity contribution < 1.29 is 13.5 Å². The average molecular weight is 302 g/mol. The molecule has 0 atom stereocenters. The summed E-state index contributed by atoms with van der Waals surface area (Å²) >= 11 is 5.86. The molecule has 0 radical (unpaired) electrons. The third kappa shape index (κ3) is 2.05. The summed E-state index contributed by atoms with van der Waals surface area (Å²) in [5, 5.41) is 13.1. The summed E-state index contributed by atoms with van der Waals surface area (Å²) in [6, 6.07) is 1.38. The lowest BCUT2D eigenvalue weighted by molar-refractivity contribution is 0.304. The van der Waals surface area contributed by atoms with Gasteiger partial charge in [-0.3, -0.25) is 0 Å².